The zero-order valence-corrected chi connectivity index (χ0v) is 15.9. The van der Waals surface area contributed by atoms with Crippen molar-refractivity contribution in [1.29, 1.82) is 0 Å². The Bertz CT molecular complexity index is 816. The molecule has 0 saturated heterocycles. The number of benzene rings is 2. The van der Waals surface area contributed by atoms with Crippen LogP contribution in [0.4, 0.5) is 21.9 Å². The number of ether oxygens (including phenoxy) is 1. The van der Waals surface area contributed by atoms with Crippen LogP contribution < -0.4 is 16.0 Å². The molecule has 1 aliphatic heterocycles. The van der Waals surface area contributed by atoms with Crippen LogP contribution >= 0.6 is 24.2 Å². The van der Waals surface area contributed by atoms with Crippen molar-refractivity contribution in [2.75, 3.05) is 23.4 Å². The van der Waals surface area contributed by atoms with Gasteiger partial charge in [0.2, 0.25) is 5.91 Å². The lowest BCUT2D eigenvalue weighted by Crippen LogP contribution is -2.30. The number of hydrogen-bond donors (Lipinski definition) is 2. The minimum atomic E-state index is -0.522. The molecule has 6 nitrogen and oxygen atoms in total. The van der Waals surface area contributed by atoms with Gasteiger partial charge >= 0.3 is 6.09 Å². The molecule has 1 heterocycles. The summed E-state index contributed by atoms with van der Waals surface area (Å²) in [6.45, 7) is 2.31. The highest BCUT2D eigenvalue weighted by Gasteiger charge is 2.28. The molecule has 1 aliphatic rings. The van der Waals surface area contributed by atoms with Gasteiger partial charge in [0, 0.05) is 28.4 Å². The molecule has 0 atom stereocenters. The topological polar surface area (TPSA) is 84.7 Å². The van der Waals surface area contributed by atoms with Gasteiger partial charge in [-0.2, -0.15) is 0 Å². The van der Waals surface area contributed by atoms with Crippen molar-refractivity contribution in [3.8, 4) is 0 Å². The molecule has 0 aromatic heterocycles. The first-order valence-electron chi connectivity index (χ1n) is 8.01. The molecule has 138 valence electrons. The highest BCUT2D eigenvalue weighted by atomic mass is 35.5. The fourth-order valence-electron chi connectivity index (χ4n) is 2.62. The third-order valence-electron chi connectivity index (χ3n) is 3.66. The first-order valence-corrected chi connectivity index (χ1v) is 8.83. The van der Waals surface area contributed by atoms with Crippen molar-refractivity contribution in [2.45, 2.75) is 23.1 Å². The Morgan fingerprint density at radius 2 is 1.88 bits per heavy atom. The summed E-state index contributed by atoms with van der Waals surface area (Å²) in [4.78, 5) is 28.0. The van der Waals surface area contributed by atoms with Crippen LogP contribution in [0, 0.1) is 0 Å². The maximum absolute atomic E-state index is 12.7. The second kappa shape index (κ2) is 8.93. The average molecular weight is 394 g/mol. The highest BCUT2D eigenvalue weighted by molar-refractivity contribution is 7.99. The molecule has 3 rings (SSSR count). The van der Waals surface area contributed by atoms with Crippen molar-refractivity contribution in [3.63, 3.8) is 0 Å². The van der Waals surface area contributed by atoms with Crippen LogP contribution in [0.2, 0.25) is 0 Å². The standard InChI is InChI=1S/C18H19N3O3S.ClH/c1-2-24-18(23)20-12-7-8-16-14(11-12)21(17(22)9-10-19)13-5-3-4-6-15(13)25-16;/h3-8,11H,2,9-10,19H2,1H3,(H,20,23);1H. The Hall–Kier alpha value is -2.22. The zero-order valence-electron chi connectivity index (χ0n) is 14.2. The Morgan fingerprint density at radius 1 is 1.15 bits per heavy atom. The smallest absolute Gasteiger partial charge is 0.411 e. The first-order chi connectivity index (χ1) is 12.1. The Balaban J connectivity index is 0.00000243. The molecule has 2 amide bonds. The molecule has 0 spiro atoms. The van der Waals surface area contributed by atoms with E-state index in [2.05, 4.69) is 5.32 Å². The van der Waals surface area contributed by atoms with Crippen LogP contribution in [0.3, 0.4) is 0 Å². The lowest BCUT2D eigenvalue weighted by molar-refractivity contribution is -0.117. The van der Waals surface area contributed by atoms with Crippen LogP contribution in [-0.2, 0) is 9.53 Å². The quantitative estimate of drug-likeness (QED) is 0.814. The SMILES string of the molecule is CCOC(=O)Nc1ccc2c(c1)N(C(=O)CCN)c1ccccc1S2.Cl. The Labute approximate surface area is 162 Å². The number of hydrogen-bond acceptors (Lipinski definition) is 5. The van der Waals surface area contributed by atoms with Gasteiger partial charge in [0.1, 0.15) is 0 Å². The monoisotopic (exact) mass is 393 g/mol. The number of fused-ring (bicyclic) bond motifs is 2. The van der Waals surface area contributed by atoms with E-state index in [-0.39, 0.29) is 31.3 Å². The van der Waals surface area contributed by atoms with Gasteiger partial charge in [-0.05, 0) is 37.3 Å². The molecule has 8 heteroatoms. The van der Waals surface area contributed by atoms with Crippen LogP contribution in [0.5, 0.6) is 0 Å². The van der Waals surface area contributed by atoms with Crippen LogP contribution in [0.25, 0.3) is 0 Å². The summed E-state index contributed by atoms with van der Waals surface area (Å²) in [5.74, 6) is -0.0789. The van der Waals surface area contributed by atoms with Crippen molar-refractivity contribution in [2.24, 2.45) is 5.73 Å². The molecule has 2 aromatic carbocycles. The van der Waals surface area contributed by atoms with E-state index in [1.165, 1.54) is 0 Å². The van der Waals surface area contributed by atoms with Gasteiger partial charge in [0.15, 0.2) is 0 Å². The van der Waals surface area contributed by atoms with Gasteiger partial charge in [0.25, 0.3) is 0 Å². The van der Waals surface area contributed by atoms with Gasteiger partial charge in [-0.1, -0.05) is 23.9 Å². The Morgan fingerprint density at radius 3 is 2.62 bits per heavy atom. The number of para-hydroxylation sites is 1. The van der Waals surface area contributed by atoms with E-state index < -0.39 is 6.09 Å². The van der Waals surface area contributed by atoms with E-state index in [0.717, 1.165) is 21.2 Å². The third kappa shape index (κ3) is 4.12. The van der Waals surface area contributed by atoms with Gasteiger partial charge in [-0.25, -0.2) is 4.79 Å². The lowest BCUT2D eigenvalue weighted by atomic mass is 10.2. The molecule has 0 bridgehead atoms. The molecule has 3 N–H and O–H groups in total. The molecule has 0 unspecified atom stereocenters. The fraction of sp³-hybridized carbons (Fsp3) is 0.222. The van der Waals surface area contributed by atoms with Gasteiger partial charge in [0.05, 0.1) is 18.0 Å². The molecule has 0 aliphatic carbocycles. The normalized spacial score (nSPS) is 11.7. The van der Waals surface area contributed by atoms with Crippen molar-refractivity contribution in [3.05, 3.63) is 42.5 Å². The summed E-state index contributed by atoms with van der Waals surface area (Å²) in [5.41, 5.74) is 7.71. The second-order valence-electron chi connectivity index (χ2n) is 5.37. The summed E-state index contributed by atoms with van der Waals surface area (Å²) in [6.07, 6.45) is -0.278. The molecule has 2 aromatic rings. The van der Waals surface area contributed by atoms with Gasteiger partial charge in [-0.3, -0.25) is 15.0 Å². The van der Waals surface area contributed by atoms with E-state index >= 15 is 0 Å². The van der Waals surface area contributed by atoms with E-state index in [0.29, 0.717) is 12.3 Å². The highest BCUT2D eigenvalue weighted by Crippen LogP contribution is 2.49. The molecular formula is C18H20ClN3O3S. The summed E-state index contributed by atoms with van der Waals surface area (Å²) in [6, 6.07) is 13.2. The molecule has 0 fully saturated rings. The minimum absolute atomic E-state index is 0. The number of nitrogens with one attached hydrogen (secondary N) is 1. The van der Waals surface area contributed by atoms with E-state index in [9.17, 15) is 9.59 Å². The molecule has 0 saturated carbocycles. The predicted octanol–water partition coefficient (Wildman–Crippen LogP) is 4.15. The number of nitrogens with zero attached hydrogens (tertiary/aromatic N) is 1. The number of halogens is 1. The number of nitrogens with two attached hydrogens (primary N) is 1. The maximum Gasteiger partial charge on any atom is 0.411 e. The summed E-state index contributed by atoms with van der Waals surface area (Å²) < 4.78 is 4.91. The predicted molar refractivity (Wildman–Crippen MR) is 106 cm³/mol. The fourth-order valence-corrected chi connectivity index (χ4v) is 3.66. The van der Waals surface area contributed by atoms with E-state index in [4.69, 9.17) is 10.5 Å². The van der Waals surface area contributed by atoms with Crippen LogP contribution in [-0.4, -0.2) is 25.2 Å². The molecular weight excluding hydrogens is 374 g/mol. The van der Waals surface area contributed by atoms with Crippen molar-refractivity contribution in [1.82, 2.24) is 0 Å². The van der Waals surface area contributed by atoms with Gasteiger partial charge in [-0.15, -0.1) is 12.4 Å². The number of amides is 2. The average Bonchev–Trinajstić information content (AvgIpc) is 2.60. The summed E-state index contributed by atoms with van der Waals surface area (Å²) in [5, 5.41) is 2.68. The number of carbonyl (C=O) groups excluding carboxylic acids is 2. The summed E-state index contributed by atoms with van der Waals surface area (Å²) >= 11 is 1.59. The van der Waals surface area contributed by atoms with Gasteiger partial charge < -0.3 is 10.5 Å². The van der Waals surface area contributed by atoms with Crippen LogP contribution in [0.1, 0.15) is 13.3 Å². The summed E-state index contributed by atoms with van der Waals surface area (Å²) in [7, 11) is 0. The zero-order chi connectivity index (χ0) is 17.8. The lowest BCUT2D eigenvalue weighted by Gasteiger charge is -2.31. The van der Waals surface area contributed by atoms with E-state index in [1.807, 2.05) is 30.3 Å². The molecule has 26 heavy (non-hydrogen) atoms. The first kappa shape index (κ1) is 20.1. The third-order valence-corrected chi connectivity index (χ3v) is 4.79. The molecule has 0 radical (unpaired) electrons. The number of carbonyl (C=O) groups is 2. The maximum atomic E-state index is 12.7. The van der Waals surface area contributed by atoms with Crippen molar-refractivity contribution >= 4 is 53.2 Å². The minimum Gasteiger partial charge on any atom is -0.450 e. The van der Waals surface area contributed by atoms with Crippen LogP contribution in [0.15, 0.2) is 52.3 Å². The van der Waals surface area contributed by atoms with Crippen molar-refractivity contribution < 1.29 is 14.3 Å². The van der Waals surface area contributed by atoms with E-state index in [1.54, 1.807) is 35.7 Å². The largest absolute Gasteiger partial charge is 0.450 e. The number of rotatable bonds is 4. The second-order valence-corrected chi connectivity index (χ2v) is 6.45. The number of anilines is 3. The Kier molecular flexibility index (Phi) is 6.90.